The van der Waals surface area contributed by atoms with Crippen LogP contribution in [0.5, 0.6) is 0 Å². The minimum atomic E-state index is 0.148. The summed E-state index contributed by atoms with van der Waals surface area (Å²) in [5.74, 6) is 1.42. The molecule has 4 nitrogen and oxygen atoms in total. The number of nitrogens with zero attached hydrogens (tertiary/aromatic N) is 2. The summed E-state index contributed by atoms with van der Waals surface area (Å²) in [6.07, 6.45) is 2.43. The Balaban J connectivity index is 2.03. The van der Waals surface area contributed by atoms with Gasteiger partial charge in [-0.05, 0) is 37.3 Å². The first-order chi connectivity index (χ1) is 9.15. The topological polar surface area (TPSA) is 57.0 Å². The Morgan fingerprint density at radius 2 is 2.26 bits per heavy atom. The van der Waals surface area contributed by atoms with Gasteiger partial charge >= 0.3 is 0 Å². The molecule has 0 radical (unpaired) electrons. The van der Waals surface area contributed by atoms with E-state index >= 15 is 0 Å². The van der Waals surface area contributed by atoms with Crippen molar-refractivity contribution >= 4 is 28.6 Å². The molecule has 2 heterocycles. The van der Waals surface area contributed by atoms with Crippen LogP contribution in [0, 0.1) is 0 Å². The van der Waals surface area contributed by atoms with Crippen molar-refractivity contribution < 1.29 is 4.42 Å². The van der Waals surface area contributed by atoms with Crippen molar-refractivity contribution in [2.75, 3.05) is 5.73 Å². The largest absolute Gasteiger partial charge is 0.469 e. The zero-order chi connectivity index (χ0) is 13.4. The second kappa shape index (κ2) is 4.63. The van der Waals surface area contributed by atoms with Crippen molar-refractivity contribution in [3.63, 3.8) is 0 Å². The number of nitrogen functional groups attached to an aromatic ring is 1. The zero-order valence-electron chi connectivity index (χ0n) is 10.5. The number of hydrogen-bond acceptors (Lipinski definition) is 3. The molecule has 1 aromatic carbocycles. The van der Waals surface area contributed by atoms with Gasteiger partial charge in [-0.25, -0.2) is 4.98 Å². The predicted molar refractivity (Wildman–Crippen MR) is 76.3 cm³/mol. The van der Waals surface area contributed by atoms with E-state index in [4.69, 9.17) is 21.8 Å². The van der Waals surface area contributed by atoms with Crippen LogP contribution in [0.2, 0.25) is 5.02 Å². The number of aromatic nitrogens is 2. The van der Waals surface area contributed by atoms with Crippen LogP contribution >= 0.6 is 11.6 Å². The second-order valence-electron chi connectivity index (χ2n) is 4.61. The molecule has 2 aromatic heterocycles. The third kappa shape index (κ3) is 2.19. The van der Waals surface area contributed by atoms with E-state index in [1.165, 1.54) is 0 Å². The van der Waals surface area contributed by atoms with Gasteiger partial charge in [0.2, 0.25) is 5.95 Å². The highest BCUT2D eigenvalue weighted by atomic mass is 35.5. The number of anilines is 1. The van der Waals surface area contributed by atoms with Crippen molar-refractivity contribution in [1.82, 2.24) is 9.55 Å². The third-order valence-corrected chi connectivity index (χ3v) is 3.43. The van der Waals surface area contributed by atoms with E-state index in [0.29, 0.717) is 11.0 Å². The lowest BCUT2D eigenvalue weighted by Crippen LogP contribution is -2.11. The SMILES string of the molecule is CC(Cc1ccco1)n1c(N)nc2ccc(Cl)cc21. The molecule has 0 aliphatic heterocycles. The number of fused-ring (bicyclic) bond motifs is 1. The Kier molecular flexibility index (Phi) is 2.95. The van der Waals surface area contributed by atoms with E-state index < -0.39 is 0 Å². The fourth-order valence-corrected chi connectivity index (χ4v) is 2.53. The quantitative estimate of drug-likeness (QED) is 0.793. The molecule has 0 saturated heterocycles. The smallest absolute Gasteiger partial charge is 0.201 e. The number of hydrogen-bond donors (Lipinski definition) is 1. The van der Waals surface area contributed by atoms with E-state index in [9.17, 15) is 0 Å². The minimum absolute atomic E-state index is 0.148. The lowest BCUT2D eigenvalue weighted by Gasteiger charge is -2.14. The lowest BCUT2D eigenvalue weighted by molar-refractivity contribution is 0.456. The summed E-state index contributed by atoms with van der Waals surface area (Å²) in [5.41, 5.74) is 7.81. The molecule has 1 atom stereocenters. The van der Waals surface area contributed by atoms with Crippen molar-refractivity contribution in [2.24, 2.45) is 0 Å². The maximum Gasteiger partial charge on any atom is 0.201 e. The first-order valence-corrected chi connectivity index (χ1v) is 6.48. The summed E-state index contributed by atoms with van der Waals surface area (Å²) in [7, 11) is 0. The highest BCUT2D eigenvalue weighted by Gasteiger charge is 2.15. The summed E-state index contributed by atoms with van der Waals surface area (Å²) < 4.78 is 7.37. The van der Waals surface area contributed by atoms with Crippen LogP contribution in [0.15, 0.2) is 41.0 Å². The third-order valence-electron chi connectivity index (χ3n) is 3.20. The van der Waals surface area contributed by atoms with Gasteiger partial charge in [-0.2, -0.15) is 0 Å². The highest BCUT2D eigenvalue weighted by molar-refractivity contribution is 6.31. The van der Waals surface area contributed by atoms with E-state index in [2.05, 4.69) is 11.9 Å². The van der Waals surface area contributed by atoms with Crippen molar-refractivity contribution in [1.29, 1.82) is 0 Å². The van der Waals surface area contributed by atoms with Crippen LogP contribution in [0.25, 0.3) is 11.0 Å². The van der Waals surface area contributed by atoms with E-state index in [0.717, 1.165) is 23.2 Å². The molecule has 0 bridgehead atoms. The maximum absolute atomic E-state index is 6.05. The minimum Gasteiger partial charge on any atom is -0.469 e. The first-order valence-electron chi connectivity index (χ1n) is 6.10. The predicted octanol–water partition coefficient (Wildman–Crippen LogP) is 3.67. The van der Waals surface area contributed by atoms with Crippen molar-refractivity contribution in [2.45, 2.75) is 19.4 Å². The van der Waals surface area contributed by atoms with Crippen LogP contribution in [-0.4, -0.2) is 9.55 Å². The summed E-state index contributed by atoms with van der Waals surface area (Å²) in [5, 5.41) is 0.679. The average molecular weight is 276 g/mol. The standard InChI is InChI=1S/C14H14ClN3O/c1-9(7-11-3-2-6-19-11)18-13-8-10(15)4-5-12(13)17-14(18)16/h2-6,8-9H,7H2,1H3,(H2,16,17). The zero-order valence-corrected chi connectivity index (χ0v) is 11.3. The molecule has 0 fully saturated rings. The monoisotopic (exact) mass is 275 g/mol. The Morgan fingerprint density at radius 1 is 1.42 bits per heavy atom. The number of imidazole rings is 1. The van der Waals surface area contributed by atoms with Gasteiger partial charge in [-0.15, -0.1) is 0 Å². The van der Waals surface area contributed by atoms with Gasteiger partial charge in [0.25, 0.3) is 0 Å². The van der Waals surface area contributed by atoms with Gasteiger partial charge in [0.15, 0.2) is 0 Å². The fraction of sp³-hybridized carbons (Fsp3) is 0.214. The number of furan rings is 1. The molecular formula is C14H14ClN3O. The van der Waals surface area contributed by atoms with E-state index in [1.54, 1.807) is 6.26 Å². The number of halogens is 1. The molecule has 0 saturated carbocycles. The van der Waals surface area contributed by atoms with Crippen molar-refractivity contribution in [3.05, 3.63) is 47.4 Å². The van der Waals surface area contributed by atoms with Gasteiger partial charge in [-0.1, -0.05) is 11.6 Å². The van der Waals surface area contributed by atoms with Crippen molar-refractivity contribution in [3.8, 4) is 0 Å². The molecule has 0 aliphatic carbocycles. The van der Waals surface area contributed by atoms with Gasteiger partial charge in [0.1, 0.15) is 5.76 Å². The van der Waals surface area contributed by atoms with Gasteiger partial charge in [0.05, 0.1) is 17.3 Å². The van der Waals surface area contributed by atoms with Crippen LogP contribution in [0.4, 0.5) is 5.95 Å². The molecule has 2 N–H and O–H groups in total. The van der Waals surface area contributed by atoms with Crippen LogP contribution < -0.4 is 5.73 Å². The summed E-state index contributed by atoms with van der Waals surface area (Å²) in [6.45, 7) is 2.08. The molecule has 3 rings (SSSR count). The molecule has 0 aliphatic rings. The van der Waals surface area contributed by atoms with Crippen LogP contribution in [0.1, 0.15) is 18.7 Å². The summed E-state index contributed by atoms with van der Waals surface area (Å²) >= 11 is 6.05. The first kappa shape index (κ1) is 12.1. The lowest BCUT2D eigenvalue weighted by atomic mass is 10.2. The second-order valence-corrected chi connectivity index (χ2v) is 5.04. The molecule has 98 valence electrons. The summed E-state index contributed by atoms with van der Waals surface area (Å²) in [4.78, 5) is 4.36. The molecule has 0 amide bonds. The number of rotatable bonds is 3. The molecule has 3 aromatic rings. The Morgan fingerprint density at radius 3 is 3.00 bits per heavy atom. The fourth-order valence-electron chi connectivity index (χ4n) is 2.36. The molecule has 1 unspecified atom stereocenters. The van der Waals surface area contributed by atoms with Gasteiger partial charge in [-0.3, -0.25) is 0 Å². The van der Waals surface area contributed by atoms with E-state index in [-0.39, 0.29) is 6.04 Å². The van der Waals surface area contributed by atoms with Gasteiger partial charge < -0.3 is 14.7 Å². The van der Waals surface area contributed by atoms with Gasteiger partial charge in [0, 0.05) is 17.5 Å². The number of nitrogens with two attached hydrogens (primary N) is 1. The molecule has 0 spiro atoms. The van der Waals surface area contributed by atoms with E-state index in [1.807, 2.05) is 34.9 Å². The molecule has 19 heavy (non-hydrogen) atoms. The molecule has 5 heteroatoms. The molecular weight excluding hydrogens is 262 g/mol. The highest BCUT2D eigenvalue weighted by Crippen LogP contribution is 2.27. The summed E-state index contributed by atoms with van der Waals surface area (Å²) in [6, 6.07) is 9.57. The Labute approximate surface area is 115 Å². The van der Waals surface area contributed by atoms with Crippen LogP contribution in [0.3, 0.4) is 0 Å². The maximum atomic E-state index is 6.05. The Bertz CT molecular complexity index is 703. The normalized spacial score (nSPS) is 12.9. The number of benzene rings is 1. The Hall–Kier alpha value is -1.94. The average Bonchev–Trinajstić information content (AvgIpc) is 2.95. The van der Waals surface area contributed by atoms with Crippen LogP contribution in [-0.2, 0) is 6.42 Å².